The maximum atomic E-state index is 13.2. The molecule has 5 rings (SSSR count). The largest absolute Gasteiger partial charge is 0.493 e. The Hall–Kier alpha value is -5.07. The molecule has 8 heteroatoms. The third-order valence-corrected chi connectivity index (χ3v) is 6.77. The highest BCUT2D eigenvalue weighted by Gasteiger charge is 2.56. The molecule has 40 heavy (non-hydrogen) atoms. The van der Waals surface area contributed by atoms with E-state index in [1.807, 2.05) is 24.3 Å². The van der Waals surface area contributed by atoms with Crippen molar-refractivity contribution in [1.82, 2.24) is 0 Å². The Morgan fingerprint density at radius 2 is 1.52 bits per heavy atom. The minimum absolute atomic E-state index is 0.394. The molecular weight excluding hydrogens is 511 g/mol. The van der Waals surface area contributed by atoms with E-state index in [2.05, 4.69) is 22.9 Å². The highest BCUT2D eigenvalue weighted by atomic mass is 19.1. The summed E-state index contributed by atoms with van der Waals surface area (Å²) in [7, 11) is 3.12. The van der Waals surface area contributed by atoms with Crippen molar-refractivity contribution in [2.75, 3.05) is 24.9 Å². The molecule has 0 saturated heterocycles. The zero-order valence-corrected chi connectivity index (χ0v) is 22.0. The fraction of sp³-hybridized carbons (Fsp3) is 0.156. The summed E-state index contributed by atoms with van der Waals surface area (Å²) < 4.78 is 30.3. The number of benzene rings is 2. The molecular formula is C32H27FN2O5. The van der Waals surface area contributed by atoms with Crippen molar-refractivity contribution in [2.24, 2.45) is 5.41 Å². The fourth-order valence-electron chi connectivity index (χ4n) is 4.30. The summed E-state index contributed by atoms with van der Waals surface area (Å²) in [5.41, 5.74) is 5.25. The second kappa shape index (κ2) is 11.0. The third kappa shape index (κ3) is 5.39. The van der Waals surface area contributed by atoms with Crippen LogP contribution in [0.2, 0.25) is 0 Å². The lowest BCUT2D eigenvalue weighted by Gasteiger charge is -2.16. The molecule has 2 N–H and O–H groups in total. The average Bonchev–Trinajstić information content (AvgIpc) is 3.79. The molecule has 3 aliphatic carbocycles. The van der Waals surface area contributed by atoms with Gasteiger partial charge in [0.1, 0.15) is 22.7 Å². The SMILES string of the molecule is C=C1C=CC=C(Oc2ccc(NC(=O)C3(C(=O)Nc4ccc(F)cc4)CC3)cc2)C2=C=CC(OC)=C(OC)C=C12. The van der Waals surface area contributed by atoms with Crippen molar-refractivity contribution < 1.29 is 28.2 Å². The van der Waals surface area contributed by atoms with Gasteiger partial charge in [-0.1, -0.05) is 18.7 Å². The zero-order chi connectivity index (χ0) is 28.3. The fourth-order valence-corrected chi connectivity index (χ4v) is 4.30. The van der Waals surface area contributed by atoms with Gasteiger partial charge in [-0.25, -0.2) is 4.39 Å². The van der Waals surface area contributed by atoms with Crippen LogP contribution >= 0.6 is 0 Å². The Balaban J connectivity index is 1.28. The number of amides is 2. The summed E-state index contributed by atoms with van der Waals surface area (Å²) >= 11 is 0. The molecule has 2 aromatic carbocycles. The van der Waals surface area contributed by atoms with Crippen LogP contribution in [-0.4, -0.2) is 26.0 Å². The standard InChI is InChI=1S/C32H27FN2O5/c1-20-5-4-6-27(25-15-16-28(38-2)29(39-3)19-26(20)25)40-24-13-11-23(12-14-24)35-31(37)32(17-18-32)30(36)34-22-9-7-21(33)8-10-22/h4-14,16,19H,1,17-18H2,2-3H3,(H,34,36)(H,35,37). The van der Waals surface area contributed by atoms with Gasteiger partial charge >= 0.3 is 0 Å². The number of hydrogen-bond donors (Lipinski definition) is 2. The Bertz CT molecular complexity index is 1570. The second-order valence-electron chi connectivity index (χ2n) is 9.40. The molecule has 0 aliphatic heterocycles. The van der Waals surface area contributed by atoms with Gasteiger partial charge in [0.25, 0.3) is 0 Å². The second-order valence-corrected chi connectivity index (χ2v) is 9.40. The molecule has 0 atom stereocenters. The van der Waals surface area contributed by atoms with Crippen molar-refractivity contribution in [3.8, 4) is 5.75 Å². The Morgan fingerprint density at radius 3 is 2.10 bits per heavy atom. The summed E-state index contributed by atoms with van der Waals surface area (Å²) in [5.74, 6) is 0.916. The summed E-state index contributed by atoms with van der Waals surface area (Å²) in [6, 6.07) is 12.3. The van der Waals surface area contributed by atoms with Gasteiger partial charge in [0.2, 0.25) is 11.8 Å². The number of anilines is 2. The first-order valence-electron chi connectivity index (χ1n) is 12.6. The Morgan fingerprint density at radius 1 is 0.925 bits per heavy atom. The number of allylic oxidation sites excluding steroid dienone is 7. The van der Waals surface area contributed by atoms with Gasteiger partial charge in [-0.2, -0.15) is 0 Å². The highest BCUT2D eigenvalue weighted by molar-refractivity contribution is 6.16. The van der Waals surface area contributed by atoms with Gasteiger partial charge in [-0.05, 0) is 79.1 Å². The van der Waals surface area contributed by atoms with E-state index in [-0.39, 0.29) is 0 Å². The number of halogens is 1. The number of rotatable bonds is 8. The zero-order valence-electron chi connectivity index (χ0n) is 22.0. The molecule has 2 aromatic rings. The van der Waals surface area contributed by atoms with Gasteiger partial charge in [0, 0.05) is 23.0 Å². The van der Waals surface area contributed by atoms with Crippen LogP contribution < -0.4 is 15.4 Å². The van der Waals surface area contributed by atoms with Crippen molar-refractivity contribution in [3.63, 3.8) is 0 Å². The lowest BCUT2D eigenvalue weighted by molar-refractivity contribution is -0.131. The van der Waals surface area contributed by atoms with Gasteiger partial charge in [0.15, 0.2) is 11.5 Å². The molecule has 0 bridgehead atoms. The molecule has 0 unspecified atom stereocenters. The van der Waals surface area contributed by atoms with E-state index in [0.29, 0.717) is 52.8 Å². The number of methoxy groups -OCH3 is 2. The summed E-state index contributed by atoms with van der Waals surface area (Å²) in [6.45, 7) is 4.14. The van der Waals surface area contributed by atoms with E-state index in [1.54, 1.807) is 44.6 Å². The van der Waals surface area contributed by atoms with Crippen LogP contribution in [0.15, 0.2) is 125 Å². The first kappa shape index (κ1) is 26.5. The van der Waals surface area contributed by atoms with Crippen molar-refractivity contribution in [3.05, 3.63) is 131 Å². The minimum Gasteiger partial charge on any atom is -0.493 e. The number of hydrogen-bond acceptors (Lipinski definition) is 5. The summed E-state index contributed by atoms with van der Waals surface area (Å²) in [4.78, 5) is 25.8. The molecule has 2 amide bonds. The van der Waals surface area contributed by atoms with Crippen LogP contribution in [0.5, 0.6) is 5.75 Å². The summed E-state index contributed by atoms with van der Waals surface area (Å²) in [6.07, 6.45) is 9.92. The lowest BCUT2D eigenvalue weighted by Crippen LogP contribution is -2.35. The molecule has 0 spiro atoms. The molecule has 0 radical (unpaired) electrons. The van der Waals surface area contributed by atoms with E-state index in [1.165, 1.54) is 24.3 Å². The van der Waals surface area contributed by atoms with E-state index in [4.69, 9.17) is 14.2 Å². The van der Waals surface area contributed by atoms with Crippen LogP contribution in [0, 0.1) is 11.2 Å². The third-order valence-electron chi connectivity index (χ3n) is 6.77. The van der Waals surface area contributed by atoms with Gasteiger partial charge < -0.3 is 24.8 Å². The summed E-state index contributed by atoms with van der Waals surface area (Å²) in [5, 5.41) is 5.53. The molecule has 1 saturated carbocycles. The van der Waals surface area contributed by atoms with Crippen molar-refractivity contribution in [2.45, 2.75) is 12.8 Å². The Kier molecular flexibility index (Phi) is 7.27. The lowest BCUT2D eigenvalue weighted by atomic mass is 9.99. The quantitative estimate of drug-likeness (QED) is 0.314. The van der Waals surface area contributed by atoms with Crippen LogP contribution in [-0.2, 0) is 19.1 Å². The van der Waals surface area contributed by atoms with Crippen LogP contribution in [0.25, 0.3) is 0 Å². The van der Waals surface area contributed by atoms with Crippen LogP contribution in [0.4, 0.5) is 15.8 Å². The number of carbonyl (C=O) groups excluding carboxylic acids is 2. The number of fused-ring (bicyclic) bond motifs is 1. The number of carbonyl (C=O) groups is 2. The Labute approximate surface area is 231 Å². The molecule has 1 fully saturated rings. The maximum absolute atomic E-state index is 13.2. The van der Waals surface area contributed by atoms with E-state index in [9.17, 15) is 14.0 Å². The van der Waals surface area contributed by atoms with E-state index < -0.39 is 23.0 Å². The van der Waals surface area contributed by atoms with Crippen molar-refractivity contribution >= 4 is 23.2 Å². The van der Waals surface area contributed by atoms with Gasteiger partial charge in [-0.15, -0.1) is 5.73 Å². The molecule has 0 aromatic heterocycles. The molecule has 202 valence electrons. The topological polar surface area (TPSA) is 85.9 Å². The normalized spacial score (nSPS) is 16.9. The molecule has 7 nitrogen and oxygen atoms in total. The smallest absolute Gasteiger partial charge is 0.240 e. The predicted octanol–water partition coefficient (Wildman–Crippen LogP) is 6.10. The first-order chi connectivity index (χ1) is 19.3. The van der Waals surface area contributed by atoms with Gasteiger partial charge in [0.05, 0.1) is 19.8 Å². The maximum Gasteiger partial charge on any atom is 0.240 e. The first-order valence-corrected chi connectivity index (χ1v) is 12.6. The van der Waals surface area contributed by atoms with E-state index >= 15 is 0 Å². The highest BCUT2D eigenvalue weighted by Crippen LogP contribution is 2.47. The number of nitrogens with one attached hydrogen (secondary N) is 2. The van der Waals surface area contributed by atoms with Crippen LogP contribution in [0.3, 0.4) is 0 Å². The minimum atomic E-state index is -1.15. The number of ether oxygens (including phenoxy) is 3. The predicted molar refractivity (Wildman–Crippen MR) is 149 cm³/mol. The van der Waals surface area contributed by atoms with E-state index in [0.717, 1.165) is 11.1 Å². The average molecular weight is 539 g/mol. The molecule has 3 aliphatic rings. The van der Waals surface area contributed by atoms with Crippen LogP contribution in [0.1, 0.15) is 12.8 Å². The van der Waals surface area contributed by atoms with Gasteiger partial charge in [-0.3, -0.25) is 9.59 Å². The van der Waals surface area contributed by atoms with Crippen molar-refractivity contribution in [1.29, 1.82) is 0 Å². The monoisotopic (exact) mass is 538 g/mol. The molecule has 0 heterocycles.